The highest BCUT2D eigenvalue weighted by Crippen LogP contribution is 2.65. The number of rotatable bonds is 17. The second kappa shape index (κ2) is 19.5. The van der Waals surface area contributed by atoms with Crippen molar-refractivity contribution in [1.29, 1.82) is 0 Å². The van der Waals surface area contributed by atoms with Crippen LogP contribution in [0, 0.1) is 0 Å². The van der Waals surface area contributed by atoms with E-state index in [-0.39, 0.29) is 11.1 Å². The third kappa shape index (κ3) is 11.7. The normalized spacial score (nSPS) is 19.5. The van der Waals surface area contributed by atoms with Crippen molar-refractivity contribution in [3.63, 3.8) is 0 Å². The van der Waals surface area contributed by atoms with Gasteiger partial charge in [0.1, 0.15) is 15.2 Å². The Bertz CT molecular complexity index is 1980. The van der Waals surface area contributed by atoms with Gasteiger partial charge >= 0.3 is 12.4 Å². The van der Waals surface area contributed by atoms with Gasteiger partial charge in [-0.05, 0) is 39.1 Å². The minimum Gasteiger partial charge on any atom is -0.603 e. The lowest BCUT2D eigenvalue weighted by atomic mass is 10.1. The molecule has 1 aromatic rings. The van der Waals surface area contributed by atoms with Crippen LogP contribution in [0.4, 0.5) is 26.3 Å². The van der Waals surface area contributed by atoms with Gasteiger partial charge < -0.3 is 4.12 Å². The molecule has 2 aliphatic heterocycles. The van der Waals surface area contributed by atoms with Crippen LogP contribution in [0.5, 0.6) is 0 Å². The second-order valence-electron chi connectivity index (χ2n) is 30.5. The van der Waals surface area contributed by atoms with E-state index >= 15 is 13.2 Å². The van der Waals surface area contributed by atoms with E-state index in [0.717, 1.165) is 15.9 Å². The molecule has 0 fully saturated rings. The van der Waals surface area contributed by atoms with E-state index in [0.29, 0.717) is 19.2 Å². The third-order valence-electron chi connectivity index (χ3n) is 15.7. The van der Waals surface area contributed by atoms with Crippen molar-refractivity contribution in [3.05, 3.63) is 70.1 Å². The van der Waals surface area contributed by atoms with Gasteiger partial charge in [0.25, 0.3) is 7.83 Å². The Kier molecular flexibility index (Phi) is 17.9. The summed E-state index contributed by atoms with van der Waals surface area (Å²) >= 11 is 0. The molecule has 19 heteroatoms. The Morgan fingerprint density at radius 2 is 0.794 bits per heavy atom. The maximum Gasteiger partial charge on any atom is 0.416 e. The van der Waals surface area contributed by atoms with Crippen molar-refractivity contribution >= 4 is 101 Å². The predicted molar refractivity (Wildman–Crippen MR) is 323 cm³/mol. The first kappa shape index (κ1) is 62.6. The third-order valence-corrected chi connectivity index (χ3v) is 121. The van der Waals surface area contributed by atoms with Crippen molar-refractivity contribution in [2.75, 3.05) is 0 Å². The molecule has 2 aliphatic rings. The standard InChI is InChI=1S/C49H98F6OSi12/c1-37(2)67(44(58(5,6)7)59(8,9)10,45(60(11,12)13)61(14,15)16)57-43(39-29-31-40(32-30-39)48(50,51)52)42-34-33-41(49(53,54)55)35-36-66(42,56-57)68(38(3)4,46(62(17,18)19)63(20,21)22)47(64(23,24)25)65(26,27)28/h29-38,44-47H,1-28H3. The van der Waals surface area contributed by atoms with E-state index in [2.05, 4.69) is 191 Å². The molecule has 1 unspecified atom stereocenters. The molecule has 0 saturated heterocycles. The molecule has 0 N–H and O–H groups in total. The molecular weight excluding hydrogens is 1060 g/mol. The fourth-order valence-corrected chi connectivity index (χ4v) is 199. The van der Waals surface area contributed by atoms with Crippen LogP contribution in [0.2, 0.25) is 187 Å². The monoisotopic (exact) mass is 1150 g/mol. The minimum absolute atomic E-state index is 0.196. The van der Waals surface area contributed by atoms with Crippen LogP contribution >= 0.6 is 0 Å². The molecule has 0 amide bonds. The topological polar surface area (TPSA) is 9.23 Å². The van der Waals surface area contributed by atoms with E-state index in [1.54, 1.807) is 12.1 Å². The van der Waals surface area contributed by atoms with E-state index in [9.17, 15) is 17.3 Å². The molecule has 3 rings (SSSR count). The fourth-order valence-electron chi connectivity index (χ4n) is 17.4. The zero-order valence-corrected chi connectivity index (χ0v) is 60.3. The van der Waals surface area contributed by atoms with Gasteiger partial charge in [0.15, 0.2) is 0 Å². The summed E-state index contributed by atoms with van der Waals surface area (Å²) in [4.78, 5) is 1.79. The molecule has 1 nitrogen and oxygen atoms in total. The summed E-state index contributed by atoms with van der Waals surface area (Å²) in [5, 5.41) is 2.13. The summed E-state index contributed by atoms with van der Waals surface area (Å²) < 4.78 is 100. The minimum atomic E-state index is -4.59. The first-order valence-corrected chi connectivity index (χ1v) is 64.0. The number of alkyl halides is 6. The zero-order chi connectivity index (χ0) is 53.8. The molecule has 68 heavy (non-hydrogen) atoms. The Labute approximate surface area is 425 Å². The number of fused-ring (bicyclic) bond motifs is 1. The number of hydrogen-bond acceptors (Lipinski definition) is 1. The van der Waals surface area contributed by atoms with Gasteiger partial charge in [-0.3, -0.25) is 0 Å². The molecule has 1 aromatic carbocycles. The highest BCUT2D eigenvalue weighted by atomic mass is 29.3. The summed E-state index contributed by atoms with van der Waals surface area (Å²) in [5.41, 5.74) is 2.12. The van der Waals surface area contributed by atoms with E-state index in [1.807, 2.05) is 6.08 Å². The van der Waals surface area contributed by atoms with Crippen LogP contribution in [0.1, 0.15) is 38.8 Å². The zero-order valence-electron chi connectivity index (χ0n) is 48.3. The summed E-state index contributed by atoms with van der Waals surface area (Å²) in [6.07, 6.45) is -4.28. The first-order chi connectivity index (χ1) is 29.7. The van der Waals surface area contributed by atoms with Crippen molar-refractivity contribution in [2.45, 2.75) is 227 Å². The van der Waals surface area contributed by atoms with Gasteiger partial charge in [-0.25, -0.2) is 0 Å². The number of halogens is 6. The van der Waals surface area contributed by atoms with Crippen molar-refractivity contribution in [3.8, 4) is 0 Å². The van der Waals surface area contributed by atoms with E-state index in [4.69, 9.17) is 0 Å². The van der Waals surface area contributed by atoms with Gasteiger partial charge in [0, 0.05) is 64.6 Å². The molecular formula is C49H98F6OSi12. The molecule has 390 valence electrons. The van der Waals surface area contributed by atoms with Crippen LogP contribution in [0.3, 0.4) is 0 Å². The summed E-state index contributed by atoms with van der Waals surface area (Å²) in [6, 6.07) is 6.00. The molecule has 0 saturated carbocycles. The Morgan fingerprint density at radius 3 is 1.06 bits per heavy atom. The summed E-state index contributed by atoms with van der Waals surface area (Å²) in [5.74, 6) is 0. The van der Waals surface area contributed by atoms with Gasteiger partial charge in [-0.1, -0.05) is 240 Å². The molecule has 0 aromatic heterocycles. The van der Waals surface area contributed by atoms with Crippen LogP contribution in [-0.4, -0.2) is 107 Å². The maximum absolute atomic E-state index is 15.6. The predicted octanol–water partition coefficient (Wildman–Crippen LogP) is 18.2. The molecule has 1 atom stereocenters. The Balaban J connectivity index is 3.26. The van der Waals surface area contributed by atoms with Gasteiger partial charge in [-0.15, -0.1) is 0 Å². The number of hydrogen-bond donors (Lipinski definition) is 0. The van der Waals surface area contributed by atoms with Crippen LogP contribution in [-0.2, 0) is 10.3 Å². The molecule has 0 spiro atoms. The molecule has 0 radical (unpaired) electrons. The van der Waals surface area contributed by atoms with E-state index < -0.39 is 119 Å². The second-order valence-corrected chi connectivity index (χ2v) is 101. The summed E-state index contributed by atoms with van der Waals surface area (Å²) in [7, 11) is -29.4. The Hall–Kier alpha value is 0.293. The maximum atomic E-state index is 15.6. The highest BCUT2D eigenvalue weighted by molar-refractivity contribution is 7.60. The first-order valence-electron chi connectivity index (χ1n) is 25.5. The van der Waals surface area contributed by atoms with Crippen molar-refractivity contribution in [1.82, 2.24) is 0 Å². The quantitative estimate of drug-likeness (QED) is 0.112. The lowest BCUT2D eigenvalue weighted by molar-refractivity contribution is -0.137. The summed E-state index contributed by atoms with van der Waals surface area (Å²) in [6.45, 7) is 72.2. The molecule has 2 heterocycles. The van der Waals surface area contributed by atoms with Gasteiger partial charge in [-0.2, -0.15) is 26.3 Å². The average Bonchev–Trinajstić information content (AvgIpc) is 3.23. The van der Waals surface area contributed by atoms with Crippen molar-refractivity contribution in [2.24, 2.45) is 0 Å². The van der Waals surface area contributed by atoms with Crippen LogP contribution in [0.25, 0.3) is 0 Å². The smallest absolute Gasteiger partial charge is 0.416 e. The Morgan fingerprint density at radius 1 is 0.456 bits per heavy atom. The average molecular weight is 1150 g/mol. The van der Waals surface area contributed by atoms with Gasteiger partial charge in [0.2, 0.25) is 8.17 Å². The molecule has 0 bridgehead atoms. The number of allylic oxidation sites excluding steroid dienone is 5. The van der Waals surface area contributed by atoms with Gasteiger partial charge in [0.05, 0.1) is 11.1 Å². The lowest BCUT2D eigenvalue weighted by Crippen LogP contribution is -2.82. The van der Waals surface area contributed by atoms with Crippen LogP contribution in [0.15, 0.2) is 59.0 Å². The molecule has 0 aliphatic carbocycles. The van der Waals surface area contributed by atoms with Crippen molar-refractivity contribution < 1.29 is 30.5 Å². The fraction of sp³-hybridized carbons (Fsp3) is 0.735. The van der Waals surface area contributed by atoms with Crippen LogP contribution < -0.4 is 0 Å². The van der Waals surface area contributed by atoms with E-state index in [1.165, 1.54) is 24.3 Å². The SMILES string of the molecule is CC(C)[Si](C([Si](C)(C)C)[Si](C)(C)C)(C([Si](C)(C)C)[Si](C)(C)C)[Si]1=C(c2ccc(C(F)(F)F)cc2)C2=CC=C(C(F)(F)F)C=C[Si]2([Si](C(C)C)(C([Si](C)(C)C)[Si](C)(C)C)C([Si](C)(C)C)[Si](C)(C)C)O1. The largest absolute Gasteiger partial charge is 0.603 e. The number of benzene rings is 1. The lowest BCUT2D eigenvalue weighted by Gasteiger charge is -2.66. The highest BCUT2D eigenvalue weighted by Gasteiger charge is 2.78.